The summed E-state index contributed by atoms with van der Waals surface area (Å²) in [6, 6.07) is 0. The summed E-state index contributed by atoms with van der Waals surface area (Å²) in [4.78, 5) is 4.19. The van der Waals surface area contributed by atoms with Gasteiger partial charge >= 0.3 is 0 Å². The Morgan fingerprint density at radius 1 is 1.56 bits per heavy atom. The molecule has 1 fully saturated rings. The number of hydrogen-bond donors (Lipinski definition) is 1. The minimum Gasteiger partial charge on any atom is -0.440 e. The zero-order chi connectivity index (χ0) is 11.4. The third-order valence-electron chi connectivity index (χ3n) is 3.58. The Morgan fingerprint density at radius 2 is 2.44 bits per heavy atom. The Kier molecular flexibility index (Phi) is 4.29. The molecule has 0 amide bonds. The zero-order valence-corrected chi connectivity index (χ0v) is 10.6. The second-order valence-corrected chi connectivity index (χ2v) is 5.73. The third-order valence-corrected chi connectivity index (χ3v) is 4.86. The second kappa shape index (κ2) is 5.73. The number of thioether (sulfide) groups is 1. The highest BCUT2D eigenvalue weighted by Gasteiger charge is 2.30. The zero-order valence-electron chi connectivity index (χ0n) is 9.76. The molecular formula is C12H20N2OS. The number of nitrogens with zero attached hydrogens (tertiary/aromatic N) is 1. The van der Waals surface area contributed by atoms with E-state index < -0.39 is 0 Å². The molecule has 3 atom stereocenters. The summed E-state index contributed by atoms with van der Waals surface area (Å²) in [5.74, 6) is 1.48. The quantitative estimate of drug-likeness (QED) is 0.879. The average molecular weight is 240 g/mol. The summed E-state index contributed by atoms with van der Waals surface area (Å²) in [5.41, 5.74) is 5.85. The molecule has 2 N–H and O–H groups in total. The molecule has 0 aromatic carbocycles. The van der Waals surface area contributed by atoms with E-state index in [9.17, 15) is 0 Å². The second-order valence-electron chi connectivity index (χ2n) is 4.54. The van der Waals surface area contributed by atoms with E-state index in [0.29, 0.717) is 11.2 Å². The fourth-order valence-electron chi connectivity index (χ4n) is 2.46. The van der Waals surface area contributed by atoms with Gasteiger partial charge < -0.3 is 10.2 Å². The summed E-state index contributed by atoms with van der Waals surface area (Å²) in [7, 11) is 0. The van der Waals surface area contributed by atoms with Gasteiger partial charge in [-0.15, -0.1) is 0 Å². The molecule has 1 aromatic rings. The van der Waals surface area contributed by atoms with Gasteiger partial charge in [-0.25, -0.2) is 4.98 Å². The van der Waals surface area contributed by atoms with Gasteiger partial charge in [0.2, 0.25) is 0 Å². The largest absolute Gasteiger partial charge is 0.440 e. The van der Waals surface area contributed by atoms with Crippen LogP contribution in [-0.2, 0) is 0 Å². The maximum atomic E-state index is 5.85. The Balaban J connectivity index is 1.97. The predicted molar refractivity (Wildman–Crippen MR) is 66.3 cm³/mol. The van der Waals surface area contributed by atoms with Gasteiger partial charge in [0.1, 0.15) is 6.26 Å². The highest BCUT2D eigenvalue weighted by Crippen LogP contribution is 2.39. The van der Waals surface area contributed by atoms with E-state index in [4.69, 9.17) is 10.2 Å². The first-order valence-electron chi connectivity index (χ1n) is 6.09. The smallest absolute Gasteiger partial charge is 0.255 e. The SMILES string of the molecule is CCC1CCC(CN)C(Sc2ncco2)C1. The summed E-state index contributed by atoms with van der Waals surface area (Å²) in [6.07, 6.45) is 8.47. The molecule has 1 aromatic heterocycles. The van der Waals surface area contributed by atoms with Crippen LogP contribution in [-0.4, -0.2) is 16.8 Å². The van der Waals surface area contributed by atoms with Crippen molar-refractivity contribution in [1.29, 1.82) is 0 Å². The van der Waals surface area contributed by atoms with Crippen LogP contribution in [0, 0.1) is 11.8 Å². The first-order valence-corrected chi connectivity index (χ1v) is 6.97. The van der Waals surface area contributed by atoms with Crippen LogP contribution in [0.4, 0.5) is 0 Å². The Labute approximate surface area is 101 Å². The van der Waals surface area contributed by atoms with E-state index in [-0.39, 0.29) is 0 Å². The maximum Gasteiger partial charge on any atom is 0.255 e. The molecule has 1 saturated carbocycles. The van der Waals surface area contributed by atoms with E-state index in [1.807, 2.05) is 0 Å². The Morgan fingerprint density at radius 3 is 3.06 bits per heavy atom. The van der Waals surface area contributed by atoms with Crippen LogP contribution in [0.25, 0.3) is 0 Å². The van der Waals surface area contributed by atoms with Crippen LogP contribution in [0.1, 0.15) is 32.6 Å². The highest BCUT2D eigenvalue weighted by molar-refractivity contribution is 7.99. The van der Waals surface area contributed by atoms with Gasteiger partial charge in [0.05, 0.1) is 6.20 Å². The van der Waals surface area contributed by atoms with Gasteiger partial charge in [-0.2, -0.15) is 0 Å². The van der Waals surface area contributed by atoms with Crippen molar-refractivity contribution < 1.29 is 4.42 Å². The lowest BCUT2D eigenvalue weighted by molar-refractivity contribution is 0.282. The lowest BCUT2D eigenvalue weighted by atomic mass is 9.80. The lowest BCUT2D eigenvalue weighted by Gasteiger charge is -2.34. The number of oxazole rings is 1. The molecule has 0 spiro atoms. The third kappa shape index (κ3) is 2.80. The van der Waals surface area contributed by atoms with Crippen molar-refractivity contribution >= 4 is 11.8 Å². The Hall–Kier alpha value is -0.480. The van der Waals surface area contributed by atoms with Gasteiger partial charge in [-0.3, -0.25) is 0 Å². The molecular weight excluding hydrogens is 220 g/mol. The van der Waals surface area contributed by atoms with Crippen molar-refractivity contribution in [3.63, 3.8) is 0 Å². The predicted octanol–water partition coefficient (Wildman–Crippen LogP) is 2.92. The summed E-state index contributed by atoms with van der Waals surface area (Å²) in [6.45, 7) is 3.06. The van der Waals surface area contributed by atoms with E-state index in [1.165, 1.54) is 25.7 Å². The number of nitrogens with two attached hydrogens (primary N) is 1. The number of aromatic nitrogens is 1. The van der Waals surface area contributed by atoms with Gasteiger partial charge in [-0.05, 0) is 31.2 Å². The fourth-order valence-corrected chi connectivity index (χ4v) is 3.76. The molecule has 90 valence electrons. The van der Waals surface area contributed by atoms with E-state index >= 15 is 0 Å². The number of hydrogen-bond acceptors (Lipinski definition) is 4. The summed E-state index contributed by atoms with van der Waals surface area (Å²) in [5, 5.41) is 1.38. The summed E-state index contributed by atoms with van der Waals surface area (Å²) < 4.78 is 5.31. The van der Waals surface area contributed by atoms with Crippen LogP contribution in [0.5, 0.6) is 0 Å². The van der Waals surface area contributed by atoms with Crippen molar-refractivity contribution in [2.24, 2.45) is 17.6 Å². The van der Waals surface area contributed by atoms with Crippen LogP contribution < -0.4 is 5.73 Å². The molecule has 1 heterocycles. The minimum atomic E-state index is 0.586. The molecule has 3 unspecified atom stereocenters. The molecule has 0 aliphatic heterocycles. The van der Waals surface area contributed by atoms with Crippen molar-refractivity contribution in [1.82, 2.24) is 4.98 Å². The monoisotopic (exact) mass is 240 g/mol. The fraction of sp³-hybridized carbons (Fsp3) is 0.750. The van der Waals surface area contributed by atoms with Gasteiger partial charge in [0.15, 0.2) is 0 Å². The normalized spacial score (nSPS) is 30.5. The van der Waals surface area contributed by atoms with Crippen molar-refractivity contribution in [3.05, 3.63) is 12.5 Å². The molecule has 1 aliphatic carbocycles. The standard InChI is InChI=1S/C12H20N2OS/c1-2-9-3-4-10(8-13)11(7-9)16-12-14-5-6-15-12/h5-6,9-11H,2-4,7-8,13H2,1H3. The highest BCUT2D eigenvalue weighted by atomic mass is 32.2. The molecule has 0 bridgehead atoms. The molecule has 4 heteroatoms. The summed E-state index contributed by atoms with van der Waals surface area (Å²) >= 11 is 1.77. The van der Waals surface area contributed by atoms with E-state index in [2.05, 4.69) is 11.9 Å². The molecule has 16 heavy (non-hydrogen) atoms. The van der Waals surface area contributed by atoms with Gasteiger partial charge in [0, 0.05) is 5.25 Å². The van der Waals surface area contributed by atoms with Crippen molar-refractivity contribution in [3.8, 4) is 0 Å². The topological polar surface area (TPSA) is 52.0 Å². The van der Waals surface area contributed by atoms with Crippen LogP contribution in [0.15, 0.2) is 22.1 Å². The first kappa shape index (κ1) is 12.0. The van der Waals surface area contributed by atoms with E-state index in [0.717, 1.165) is 17.7 Å². The number of rotatable bonds is 4. The maximum absolute atomic E-state index is 5.85. The molecule has 1 aliphatic rings. The van der Waals surface area contributed by atoms with Crippen LogP contribution >= 0.6 is 11.8 Å². The molecule has 3 nitrogen and oxygen atoms in total. The molecule has 0 saturated heterocycles. The van der Waals surface area contributed by atoms with Crippen molar-refractivity contribution in [2.75, 3.05) is 6.54 Å². The Bertz CT molecular complexity index is 302. The van der Waals surface area contributed by atoms with Crippen LogP contribution in [0.3, 0.4) is 0 Å². The van der Waals surface area contributed by atoms with Gasteiger partial charge in [-0.1, -0.05) is 31.5 Å². The molecule has 0 radical (unpaired) electrons. The van der Waals surface area contributed by atoms with Crippen molar-refractivity contribution in [2.45, 2.75) is 43.1 Å². The van der Waals surface area contributed by atoms with Crippen LogP contribution in [0.2, 0.25) is 0 Å². The molecule has 2 rings (SSSR count). The minimum absolute atomic E-state index is 0.586. The van der Waals surface area contributed by atoms with E-state index in [1.54, 1.807) is 24.2 Å². The van der Waals surface area contributed by atoms with Gasteiger partial charge in [0.25, 0.3) is 5.22 Å². The first-order chi connectivity index (χ1) is 7.83. The lowest BCUT2D eigenvalue weighted by Crippen LogP contribution is -2.32. The average Bonchev–Trinajstić information content (AvgIpc) is 2.82.